The van der Waals surface area contributed by atoms with Crippen LogP contribution in [0.15, 0.2) is 54.6 Å². The molecule has 32 heavy (non-hydrogen) atoms. The number of Topliss-reactive ketones (excluding diaryl/α,β-unsaturated/α-hetero) is 1. The Labute approximate surface area is 191 Å². The van der Waals surface area contributed by atoms with E-state index in [1.54, 1.807) is 0 Å². The lowest BCUT2D eigenvalue weighted by molar-refractivity contribution is -0.137. The molecule has 0 amide bonds. The van der Waals surface area contributed by atoms with Crippen LogP contribution in [0.1, 0.15) is 16.7 Å². The minimum atomic E-state index is -4.64. The first-order valence-electron chi connectivity index (χ1n) is 9.07. The predicted molar refractivity (Wildman–Crippen MR) is 113 cm³/mol. The van der Waals surface area contributed by atoms with Crippen LogP contribution in [0.3, 0.4) is 0 Å². The van der Waals surface area contributed by atoms with Gasteiger partial charge in [-0.05, 0) is 41.5 Å². The number of carbonyl (C=O) groups is 1. The minimum absolute atomic E-state index is 0.0775. The van der Waals surface area contributed by atoms with E-state index >= 15 is 0 Å². The zero-order chi connectivity index (χ0) is 23.5. The van der Waals surface area contributed by atoms with Gasteiger partial charge in [0.2, 0.25) is 5.69 Å². The average molecular weight is 482 g/mol. The molecule has 0 fully saturated rings. The van der Waals surface area contributed by atoms with Crippen molar-refractivity contribution in [1.29, 1.82) is 0 Å². The summed E-state index contributed by atoms with van der Waals surface area (Å²) in [6.07, 6.45) is -5.25. The summed E-state index contributed by atoms with van der Waals surface area (Å²) in [5.41, 5.74) is -0.565. The fourth-order valence-electron chi connectivity index (χ4n) is 2.91. The molecule has 0 bridgehead atoms. The Morgan fingerprint density at radius 2 is 1.62 bits per heavy atom. The molecule has 3 aromatic carbocycles. The molecule has 3 nitrogen and oxygen atoms in total. The quantitative estimate of drug-likeness (QED) is 0.265. The first kappa shape index (κ1) is 23.6. The third kappa shape index (κ3) is 5.78. The number of halogens is 6. The fraction of sp³-hybridized carbons (Fsp3) is 0.130. The number of nitrogens with zero attached hydrogens (tertiary/aromatic N) is 1. The second kappa shape index (κ2) is 9.60. The van der Waals surface area contributed by atoms with Crippen molar-refractivity contribution in [1.82, 2.24) is 0 Å². The molecule has 0 aromatic heterocycles. The van der Waals surface area contributed by atoms with Gasteiger partial charge in [-0.3, -0.25) is 4.79 Å². The molecule has 0 saturated heterocycles. The SMILES string of the molecule is [C-]#[N+]c1ccc(Oc2ccc(CC(=O)Cc3ccc(Cl)c(C(F)(F)F)c3)c(F)c2)cc1Cl. The standard InChI is InChI=1S/C23H13Cl2F4NO2/c1-30-22-7-5-16(11-20(22)25)32-17-4-3-14(21(26)12-17)10-15(31)8-13-2-6-19(24)18(9-13)23(27,28)29/h2-7,9,11-12H,8,10H2. The second-order valence-electron chi connectivity index (χ2n) is 6.78. The number of hydrogen-bond donors (Lipinski definition) is 0. The Bertz CT molecular complexity index is 1220. The normalized spacial score (nSPS) is 11.2. The predicted octanol–water partition coefficient (Wildman–Crippen LogP) is 7.85. The molecule has 0 aliphatic carbocycles. The highest BCUT2D eigenvalue weighted by Gasteiger charge is 2.33. The van der Waals surface area contributed by atoms with Gasteiger partial charge in [-0.15, -0.1) is 0 Å². The van der Waals surface area contributed by atoms with Crippen LogP contribution in [0.2, 0.25) is 10.0 Å². The van der Waals surface area contributed by atoms with Gasteiger partial charge in [0, 0.05) is 18.9 Å². The summed E-state index contributed by atoms with van der Waals surface area (Å²) in [5, 5.41) is -0.267. The van der Waals surface area contributed by atoms with Crippen LogP contribution in [0.25, 0.3) is 4.85 Å². The summed E-state index contributed by atoms with van der Waals surface area (Å²) in [6, 6.07) is 11.5. The number of alkyl halides is 3. The topological polar surface area (TPSA) is 30.7 Å². The first-order valence-corrected chi connectivity index (χ1v) is 9.83. The average Bonchev–Trinajstić information content (AvgIpc) is 2.71. The van der Waals surface area contributed by atoms with Crippen LogP contribution in [0.5, 0.6) is 11.5 Å². The minimum Gasteiger partial charge on any atom is -0.457 e. The highest BCUT2D eigenvalue weighted by Crippen LogP contribution is 2.35. The number of benzene rings is 3. The van der Waals surface area contributed by atoms with Crippen molar-refractivity contribution in [2.45, 2.75) is 19.0 Å². The van der Waals surface area contributed by atoms with Crippen molar-refractivity contribution in [2.75, 3.05) is 0 Å². The third-order valence-electron chi connectivity index (χ3n) is 4.42. The molecule has 0 saturated carbocycles. The number of ketones is 1. The zero-order valence-electron chi connectivity index (χ0n) is 16.1. The Kier molecular flexibility index (Phi) is 7.07. The highest BCUT2D eigenvalue weighted by molar-refractivity contribution is 6.33. The molecule has 9 heteroatoms. The van der Waals surface area contributed by atoms with Crippen LogP contribution in [-0.2, 0) is 23.8 Å². The van der Waals surface area contributed by atoms with Crippen LogP contribution in [0, 0.1) is 12.4 Å². The largest absolute Gasteiger partial charge is 0.457 e. The van der Waals surface area contributed by atoms with Gasteiger partial charge >= 0.3 is 6.18 Å². The maximum Gasteiger partial charge on any atom is 0.417 e. The summed E-state index contributed by atoms with van der Waals surface area (Å²) in [4.78, 5) is 15.5. The monoisotopic (exact) mass is 481 g/mol. The number of hydrogen-bond acceptors (Lipinski definition) is 2. The van der Waals surface area contributed by atoms with E-state index in [0.717, 1.165) is 18.2 Å². The molecule has 0 unspecified atom stereocenters. The van der Waals surface area contributed by atoms with E-state index in [4.69, 9.17) is 34.5 Å². The van der Waals surface area contributed by atoms with Gasteiger partial charge in [0.1, 0.15) is 23.1 Å². The summed E-state index contributed by atoms with van der Waals surface area (Å²) in [7, 11) is 0. The number of carbonyl (C=O) groups excluding carboxylic acids is 1. The molecule has 0 radical (unpaired) electrons. The van der Waals surface area contributed by atoms with E-state index in [1.807, 2.05) is 0 Å². The maximum atomic E-state index is 14.5. The summed E-state index contributed by atoms with van der Waals surface area (Å²) in [5.74, 6) is -0.715. The van der Waals surface area contributed by atoms with E-state index < -0.39 is 28.4 Å². The molecule has 0 N–H and O–H groups in total. The van der Waals surface area contributed by atoms with E-state index in [1.165, 1.54) is 36.4 Å². The van der Waals surface area contributed by atoms with Gasteiger partial charge in [-0.2, -0.15) is 13.2 Å². The Hall–Kier alpha value is -3.08. The van der Waals surface area contributed by atoms with Gasteiger partial charge in [0.15, 0.2) is 0 Å². The van der Waals surface area contributed by atoms with Gasteiger partial charge < -0.3 is 4.74 Å². The Balaban J connectivity index is 1.69. The van der Waals surface area contributed by atoms with Crippen LogP contribution in [-0.4, -0.2) is 5.78 Å². The van der Waals surface area contributed by atoms with E-state index in [2.05, 4.69) is 4.85 Å². The van der Waals surface area contributed by atoms with E-state index in [-0.39, 0.29) is 40.4 Å². The van der Waals surface area contributed by atoms with Crippen molar-refractivity contribution >= 4 is 34.7 Å². The highest BCUT2D eigenvalue weighted by atomic mass is 35.5. The van der Waals surface area contributed by atoms with Crippen LogP contribution >= 0.6 is 23.2 Å². The summed E-state index contributed by atoms with van der Waals surface area (Å²) < 4.78 is 58.9. The van der Waals surface area contributed by atoms with Crippen molar-refractivity contribution in [2.24, 2.45) is 0 Å². The van der Waals surface area contributed by atoms with E-state index in [0.29, 0.717) is 5.75 Å². The van der Waals surface area contributed by atoms with Gasteiger partial charge in [0.25, 0.3) is 0 Å². The summed E-state index contributed by atoms with van der Waals surface area (Å²) >= 11 is 11.5. The summed E-state index contributed by atoms with van der Waals surface area (Å²) in [6.45, 7) is 6.97. The molecule has 3 rings (SSSR count). The molecule has 0 spiro atoms. The molecule has 164 valence electrons. The van der Waals surface area contributed by atoms with Crippen LogP contribution < -0.4 is 4.74 Å². The first-order chi connectivity index (χ1) is 15.1. The molecule has 0 aliphatic rings. The fourth-order valence-corrected chi connectivity index (χ4v) is 3.35. The molecular formula is C23H13Cl2F4NO2. The van der Waals surface area contributed by atoms with Crippen molar-refractivity contribution < 1.29 is 27.1 Å². The molecular weight excluding hydrogens is 469 g/mol. The lowest BCUT2D eigenvalue weighted by atomic mass is 10.0. The smallest absolute Gasteiger partial charge is 0.417 e. The Morgan fingerprint density at radius 3 is 2.25 bits per heavy atom. The number of ether oxygens (including phenoxy) is 1. The number of rotatable bonds is 6. The second-order valence-corrected chi connectivity index (χ2v) is 7.60. The van der Waals surface area contributed by atoms with Crippen molar-refractivity contribution in [3.05, 3.63) is 98.6 Å². The van der Waals surface area contributed by atoms with Crippen molar-refractivity contribution in [3.63, 3.8) is 0 Å². The molecule has 0 aliphatic heterocycles. The Morgan fingerprint density at radius 1 is 0.938 bits per heavy atom. The maximum absolute atomic E-state index is 14.5. The van der Waals surface area contributed by atoms with Gasteiger partial charge in [-0.25, -0.2) is 9.24 Å². The van der Waals surface area contributed by atoms with Crippen molar-refractivity contribution in [3.8, 4) is 11.5 Å². The van der Waals surface area contributed by atoms with Gasteiger partial charge in [-0.1, -0.05) is 41.4 Å². The van der Waals surface area contributed by atoms with Crippen LogP contribution in [0.4, 0.5) is 23.2 Å². The molecule has 0 atom stereocenters. The zero-order valence-corrected chi connectivity index (χ0v) is 17.7. The van der Waals surface area contributed by atoms with Gasteiger partial charge in [0.05, 0.1) is 22.2 Å². The third-order valence-corrected chi connectivity index (χ3v) is 5.06. The lowest BCUT2D eigenvalue weighted by Gasteiger charge is -2.11. The molecule has 3 aromatic rings. The lowest BCUT2D eigenvalue weighted by Crippen LogP contribution is -2.10. The van der Waals surface area contributed by atoms with E-state index in [9.17, 15) is 22.4 Å². The molecule has 0 heterocycles.